The molecular weight excluding hydrogens is 450 g/mol. The Bertz CT molecular complexity index is 1090. The third kappa shape index (κ3) is 5.66. The molecule has 0 aliphatic heterocycles. The number of carbonyl (C=O) groups excluding carboxylic acids is 1. The fourth-order valence-corrected chi connectivity index (χ4v) is 4.08. The molecule has 0 atom stereocenters. The fourth-order valence-electron chi connectivity index (χ4n) is 3.12. The summed E-state index contributed by atoms with van der Waals surface area (Å²) in [6.07, 6.45) is 1.52. The summed E-state index contributed by atoms with van der Waals surface area (Å²) in [4.78, 5) is 12.6. The number of hydrogen-bond acceptors (Lipinski definition) is 7. The van der Waals surface area contributed by atoms with Gasteiger partial charge in [-0.25, -0.2) is 4.68 Å². The minimum Gasteiger partial charge on any atom is -0.497 e. The Morgan fingerprint density at radius 1 is 1.19 bits per heavy atom. The molecule has 0 fully saturated rings. The number of nitrogen functional groups attached to an aromatic ring is 1. The van der Waals surface area contributed by atoms with Crippen LogP contribution in [-0.2, 0) is 24.2 Å². The summed E-state index contributed by atoms with van der Waals surface area (Å²) in [6.45, 7) is 4.18. The summed E-state index contributed by atoms with van der Waals surface area (Å²) >= 11 is 7.51. The maximum Gasteiger partial charge on any atom is 0.234 e. The number of carbonyl (C=O) groups is 1. The van der Waals surface area contributed by atoms with Crippen LogP contribution in [0.5, 0.6) is 11.5 Å². The molecular formula is C22H26ClN5O3S. The Morgan fingerprint density at radius 2 is 1.97 bits per heavy atom. The smallest absolute Gasteiger partial charge is 0.234 e. The van der Waals surface area contributed by atoms with Crippen molar-refractivity contribution in [3.8, 4) is 11.5 Å². The molecule has 2 aromatic carbocycles. The van der Waals surface area contributed by atoms with Crippen LogP contribution in [0.3, 0.4) is 0 Å². The van der Waals surface area contributed by atoms with Gasteiger partial charge in [0.15, 0.2) is 5.82 Å². The molecule has 0 aliphatic rings. The van der Waals surface area contributed by atoms with Gasteiger partial charge in [0.1, 0.15) is 18.1 Å². The zero-order valence-electron chi connectivity index (χ0n) is 18.2. The van der Waals surface area contributed by atoms with Gasteiger partial charge in [-0.2, -0.15) is 0 Å². The van der Waals surface area contributed by atoms with Crippen LogP contribution in [0.2, 0.25) is 5.02 Å². The standard InChI is InChI=1S/C22H26ClN5O3S/c1-4-14-9-10-18(23)17(5-2)21(14)25-20(29)13-32-22-27-26-19(28(22)24)12-31-16-8-6-7-15(11-16)30-3/h6-11H,4-5,12-13,24H2,1-3H3,(H,25,29). The molecule has 0 saturated carbocycles. The number of methoxy groups -OCH3 is 1. The van der Waals surface area contributed by atoms with Gasteiger partial charge in [0.05, 0.1) is 12.9 Å². The number of rotatable bonds is 10. The van der Waals surface area contributed by atoms with E-state index in [1.807, 2.05) is 44.2 Å². The topological polar surface area (TPSA) is 104 Å². The molecule has 1 amide bonds. The van der Waals surface area contributed by atoms with E-state index in [0.29, 0.717) is 27.5 Å². The highest BCUT2D eigenvalue weighted by molar-refractivity contribution is 7.99. The van der Waals surface area contributed by atoms with Crippen molar-refractivity contribution in [3.63, 3.8) is 0 Å². The average molecular weight is 476 g/mol. The molecule has 3 rings (SSSR count). The molecule has 0 spiro atoms. The van der Waals surface area contributed by atoms with Crippen LogP contribution in [0, 0.1) is 0 Å². The largest absolute Gasteiger partial charge is 0.497 e. The van der Waals surface area contributed by atoms with E-state index in [4.69, 9.17) is 26.9 Å². The van der Waals surface area contributed by atoms with Crippen LogP contribution in [0.25, 0.3) is 0 Å². The van der Waals surface area contributed by atoms with Crippen molar-refractivity contribution in [1.29, 1.82) is 0 Å². The second-order valence-electron chi connectivity index (χ2n) is 6.84. The average Bonchev–Trinajstić information content (AvgIpc) is 3.16. The van der Waals surface area contributed by atoms with E-state index in [-0.39, 0.29) is 18.3 Å². The van der Waals surface area contributed by atoms with Crippen molar-refractivity contribution in [2.24, 2.45) is 0 Å². The monoisotopic (exact) mass is 475 g/mol. The van der Waals surface area contributed by atoms with Crippen LogP contribution in [-0.4, -0.2) is 33.6 Å². The van der Waals surface area contributed by atoms with Crippen LogP contribution >= 0.6 is 23.4 Å². The van der Waals surface area contributed by atoms with Gasteiger partial charge in [0.2, 0.25) is 11.1 Å². The van der Waals surface area contributed by atoms with E-state index in [9.17, 15) is 4.79 Å². The third-order valence-electron chi connectivity index (χ3n) is 4.82. The number of thioether (sulfide) groups is 1. The Balaban J connectivity index is 1.60. The highest BCUT2D eigenvalue weighted by atomic mass is 35.5. The second-order valence-corrected chi connectivity index (χ2v) is 8.19. The zero-order chi connectivity index (χ0) is 23.1. The number of nitrogens with zero attached hydrogens (tertiary/aromatic N) is 3. The van der Waals surface area contributed by atoms with Gasteiger partial charge < -0.3 is 20.6 Å². The van der Waals surface area contributed by atoms with Gasteiger partial charge in [-0.05, 0) is 42.2 Å². The molecule has 3 N–H and O–H groups in total. The van der Waals surface area contributed by atoms with Crippen LogP contribution in [0.4, 0.5) is 5.69 Å². The van der Waals surface area contributed by atoms with Gasteiger partial charge in [-0.1, -0.05) is 49.3 Å². The number of amides is 1. The number of halogens is 1. The third-order valence-corrected chi connectivity index (χ3v) is 6.11. The number of anilines is 1. The lowest BCUT2D eigenvalue weighted by atomic mass is 10.0. The molecule has 8 nitrogen and oxygen atoms in total. The number of aromatic nitrogens is 3. The molecule has 0 saturated heterocycles. The molecule has 170 valence electrons. The summed E-state index contributed by atoms with van der Waals surface area (Å²) < 4.78 is 12.2. The molecule has 3 aromatic rings. The minimum atomic E-state index is -0.168. The number of benzene rings is 2. The predicted molar refractivity (Wildman–Crippen MR) is 127 cm³/mol. The SMILES string of the molecule is CCc1ccc(Cl)c(CC)c1NC(=O)CSc1nnc(COc2cccc(OC)c2)n1N. The van der Waals surface area contributed by atoms with E-state index in [0.717, 1.165) is 29.7 Å². The molecule has 10 heteroatoms. The van der Waals surface area contributed by atoms with Crippen molar-refractivity contribution in [2.75, 3.05) is 24.0 Å². The Kier molecular flexibility index (Phi) is 8.24. The summed E-state index contributed by atoms with van der Waals surface area (Å²) in [5.41, 5.74) is 2.77. The van der Waals surface area contributed by atoms with Crippen LogP contribution in [0.15, 0.2) is 41.6 Å². The lowest BCUT2D eigenvalue weighted by Gasteiger charge is -2.15. The van der Waals surface area contributed by atoms with Crippen molar-refractivity contribution in [2.45, 2.75) is 38.5 Å². The van der Waals surface area contributed by atoms with Crippen LogP contribution < -0.4 is 20.6 Å². The summed E-state index contributed by atoms with van der Waals surface area (Å²) in [6, 6.07) is 11.0. The van der Waals surface area contributed by atoms with E-state index in [1.54, 1.807) is 13.2 Å². The number of nitrogens with two attached hydrogens (primary N) is 1. The van der Waals surface area contributed by atoms with E-state index in [1.165, 1.54) is 16.4 Å². The molecule has 0 aliphatic carbocycles. The van der Waals surface area contributed by atoms with Gasteiger partial charge >= 0.3 is 0 Å². The lowest BCUT2D eigenvalue weighted by molar-refractivity contribution is -0.113. The first-order valence-corrected chi connectivity index (χ1v) is 11.5. The van der Waals surface area contributed by atoms with Gasteiger partial charge in [-0.15, -0.1) is 10.2 Å². The molecule has 1 heterocycles. The first kappa shape index (κ1) is 23.7. The molecule has 0 radical (unpaired) electrons. The predicted octanol–water partition coefficient (Wildman–Crippen LogP) is 4.09. The molecule has 0 unspecified atom stereocenters. The summed E-state index contributed by atoms with van der Waals surface area (Å²) in [5.74, 6) is 7.81. The molecule has 1 aromatic heterocycles. The van der Waals surface area contributed by atoms with Crippen molar-refractivity contribution >= 4 is 35.0 Å². The highest BCUT2D eigenvalue weighted by Gasteiger charge is 2.16. The number of aryl methyl sites for hydroxylation is 1. The Labute approximate surface area is 196 Å². The lowest BCUT2D eigenvalue weighted by Crippen LogP contribution is -2.19. The van der Waals surface area contributed by atoms with E-state index >= 15 is 0 Å². The fraction of sp³-hybridized carbons (Fsp3) is 0.318. The summed E-state index contributed by atoms with van der Waals surface area (Å²) in [5, 5.41) is 12.2. The zero-order valence-corrected chi connectivity index (χ0v) is 19.8. The normalized spacial score (nSPS) is 10.8. The number of hydrogen-bond donors (Lipinski definition) is 2. The maximum atomic E-state index is 12.6. The van der Waals surface area contributed by atoms with Gasteiger partial charge in [0, 0.05) is 16.8 Å². The van der Waals surface area contributed by atoms with Gasteiger partial charge in [-0.3, -0.25) is 4.79 Å². The van der Waals surface area contributed by atoms with Crippen molar-refractivity contribution in [3.05, 3.63) is 58.4 Å². The molecule has 32 heavy (non-hydrogen) atoms. The Hall–Kier alpha value is -2.91. The van der Waals surface area contributed by atoms with Crippen molar-refractivity contribution in [1.82, 2.24) is 14.9 Å². The first-order valence-electron chi connectivity index (χ1n) is 10.2. The quantitative estimate of drug-likeness (QED) is 0.336. The van der Waals surface area contributed by atoms with Gasteiger partial charge in [0.25, 0.3) is 0 Å². The highest BCUT2D eigenvalue weighted by Crippen LogP contribution is 2.30. The number of nitrogens with one attached hydrogen (secondary N) is 1. The second kappa shape index (κ2) is 11.1. The Morgan fingerprint density at radius 3 is 2.69 bits per heavy atom. The van der Waals surface area contributed by atoms with E-state index < -0.39 is 0 Å². The van der Waals surface area contributed by atoms with Crippen LogP contribution in [0.1, 0.15) is 30.8 Å². The number of ether oxygens (including phenoxy) is 2. The first-order chi connectivity index (χ1) is 15.5. The van der Waals surface area contributed by atoms with Crippen molar-refractivity contribution < 1.29 is 14.3 Å². The minimum absolute atomic E-state index is 0.130. The van der Waals surface area contributed by atoms with E-state index in [2.05, 4.69) is 15.5 Å². The summed E-state index contributed by atoms with van der Waals surface area (Å²) in [7, 11) is 1.59. The maximum absolute atomic E-state index is 12.6. The molecule has 0 bridgehead atoms.